The van der Waals surface area contributed by atoms with Crippen LogP contribution in [0.3, 0.4) is 0 Å². The molecule has 0 amide bonds. The lowest BCUT2D eigenvalue weighted by molar-refractivity contribution is -0.137. The Morgan fingerprint density at radius 3 is 2.79 bits per heavy atom. The average molecular weight is 369 g/mol. The number of carboxylic acid groups (broad SMARTS) is 1. The Bertz CT molecular complexity index is 714. The summed E-state index contributed by atoms with van der Waals surface area (Å²) in [5, 5.41) is 14.4. The fourth-order valence-corrected chi connectivity index (χ4v) is 3.56. The zero-order valence-electron chi connectivity index (χ0n) is 13.0. The number of carboxylic acids is 1. The first kappa shape index (κ1) is 17.2. The lowest BCUT2D eigenvalue weighted by Crippen LogP contribution is -2.34. The van der Waals surface area contributed by atoms with Crippen molar-refractivity contribution in [3.63, 3.8) is 0 Å². The predicted molar refractivity (Wildman–Crippen MR) is 91.4 cm³/mol. The first-order valence-electron chi connectivity index (χ1n) is 7.78. The summed E-state index contributed by atoms with van der Waals surface area (Å²) in [5.41, 5.74) is 1.83. The van der Waals surface area contributed by atoms with Gasteiger partial charge in [-0.05, 0) is 25.5 Å². The van der Waals surface area contributed by atoms with Crippen molar-refractivity contribution in [3.8, 4) is 0 Å². The second-order valence-electron chi connectivity index (χ2n) is 5.99. The van der Waals surface area contributed by atoms with E-state index in [2.05, 4.69) is 15.0 Å². The van der Waals surface area contributed by atoms with Gasteiger partial charge in [-0.3, -0.25) is 19.4 Å². The monoisotopic (exact) mass is 368 g/mol. The molecule has 0 aliphatic carbocycles. The molecular formula is C16H18Cl2N4O2. The number of hydrogen-bond acceptors (Lipinski definition) is 4. The van der Waals surface area contributed by atoms with E-state index in [-0.39, 0.29) is 12.5 Å². The molecular weight excluding hydrogens is 351 g/mol. The van der Waals surface area contributed by atoms with Crippen LogP contribution < -0.4 is 0 Å². The Morgan fingerprint density at radius 2 is 2.08 bits per heavy atom. The number of piperidine rings is 1. The van der Waals surface area contributed by atoms with Crippen LogP contribution in [0.25, 0.3) is 0 Å². The van der Waals surface area contributed by atoms with Gasteiger partial charge in [-0.15, -0.1) is 0 Å². The van der Waals surface area contributed by atoms with Gasteiger partial charge >= 0.3 is 5.97 Å². The molecule has 1 aliphatic rings. The highest BCUT2D eigenvalue weighted by molar-refractivity contribution is 6.35. The average Bonchev–Trinajstić information content (AvgIpc) is 2.99. The Kier molecular flexibility index (Phi) is 5.38. The lowest BCUT2D eigenvalue weighted by atomic mass is 9.94. The van der Waals surface area contributed by atoms with E-state index >= 15 is 0 Å². The number of halogens is 2. The molecule has 3 heterocycles. The highest BCUT2D eigenvalue weighted by Gasteiger charge is 2.24. The largest absolute Gasteiger partial charge is 0.480 e. The van der Waals surface area contributed by atoms with Gasteiger partial charge in [0, 0.05) is 43.2 Å². The molecule has 0 spiro atoms. The molecule has 1 saturated heterocycles. The Hall–Kier alpha value is -1.63. The number of carbonyl (C=O) groups is 1. The van der Waals surface area contributed by atoms with Crippen LogP contribution in [0.2, 0.25) is 10.0 Å². The van der Waals surface area contributed by atoms with Gasteiger partial charge in [-0.1, -0.05) is 23.2 Å². The van der Waals surface area contributed by atoms with E-state index in [0.717, 1.165) is 37.2 Å². The zero-order valence-corrected chi connectivity index (χ0v) is 14.5. The van der Waals surface area contributed by atoms with Crippen molar-refractivity contribution in [1.82, 2.24) is 19.7 Å². The number of aromatic nitrogens is 3. The van der Waals surface area contributed by atoms with Crippen molar-refractivity contribution in [2.45, 2.75) is 31.8 Å². The van der Waals surface area contributed by atoms with Gasteiger partial charge in [0.05, 0.1) is 15.7 Å². The van der Waals surface area contributed by atoms with Gasteiger partial charge in [0.2, 0.25) is 0 Å². The van der Waals surface area contributed by atoms with Gasteiger partial charge < -0.3 is 5.11 Å². The summed E-state index contributed by atoms with van der Waals surface area (Å²) in [4.78, 5) is 17.1. The van der Waals surface area contributed by atoms with Crippen LogP contribution in [-0.2, 0) is 17.9 Å². The topological polar surface area (TPSA) is 71.2 Å². The first-order chi connectivity index (χ1) is 11.5. The predicted octanol–water partition coefficient (Wildman–Crippen LogP) is 3.05. The van der Waals surface area contributed by atoms with Crippen molar-refractivity contribution >= 4 is 29.2 Å². The number of hydrogen-bond donors (Lipinski definition) is 1. The SMILES string of the molecule is O=C(O)Cn1ccc(C2CCCN(Cc3c(Cl)cncc3Cl)C2)n1. The minimum absolute atomic E-state index is 0.112. The summed E-state index contributed by atoms with van der Waals surface area (Å²) in [7, 11) is 0. The van der Waals surface area contributed by atoms with Crippen LogP contribution in [-0.4, -0.2) is 43.8 Å². The summed E-state index contributed by atoms with van der Waals surface area (Å²) in [6, 6.07) is 1.91. The highest BCUT2D eigenvalue weighted by atomic mass is 35.5. The summed E-state index contributed by atoms with van der Waals surface area (Å²) in [6.45, 7) is 2.38. The number of aliphatic carboxylic acids is 1. The van der Waals surface area contributed by atoms with Crippen molar-refractivity contribution in [2.75, 3.05) is 13.1 Å². The normalized spacial score (nSPS) is 18.7. The van der Waals surface area contributed by atoms with Crippen molar-refractivity contribution in [1.29, 1.82) is 0 Å². The molecule has 1 atom stereocenters. The van der Waals surface area contributed by atoms with Crippen LogP contribution in [0.4, 0.5) is 0 Å². The maximum absolute atomic E-state index is 10.8. The summed E-state index contributed by atoms with van der Waals surface area (Å²) < 4.78 is 1.47. The molecule has 6 nitrogen and oxygen atoms in total. The maximum Gasteiger partial charge on any atom is 0.325 e. The molecule has 1 unspecified atom stereocenters. The minimum atomic E-state index is -0.892. The van der Waals surface area contributed by atoms with E-state index in [1.807, 2.05) is 6.07 Å². The molecule has 2 aromatic rings. The number of rotatable bonds is 5. The molecule has 2 aromatic heterocycles. The molecule has 1 aliphatic heterocycles. The van der Waals surface area contributed by atoms with Gasteiger partial charge in [-0.2, -0.15) is 5.10 Å². The molecule has 0 saturated carbocycles. The molecule has 0 aromatic carbocycles. The number of likely N-dealkylation sites (tertiary alicyclic amines) is 1. The summed E-state index contributed by atoms with van der Waals surface area (Å²) in [6.07, 6.45) is 7.03. The fraction of sp³-hybridized carbons (Fsp3) is 0.438. The Morgan fingerprint density at radius 1 is 1.33 bits per heavy atom. The quantitative estimate of drug-likeness (QED) is 0.877. The van der Waals surface area contributed by atoms with Gasteiger partial charge in [0.15, 0.2) is 0 Å². The van der Waals surface area contributed by atoms with Crippen LogP contribution in [0.5, 0.6) is 0 Å². The van der Waals surface area contributed by atoms with Gasteiger partial charge in [0.1, 0.15) is 6.54 Å². The fourth-order valence-electron chi connectivity index (χ4n) is 3.08. The van der Waals surface area contributed by atoms with Crippen molar-refractivity contribution < 1.29 is 9.90 Å². The van der Waals surface area contributed by atoms with Crippen LogP contribution in [0, 0.1) is 0 Å². The Labute approximate surface area is 150 Å². The standard InChI is InChI=1S/C16H18Cl2N4O2/c17-13-6-19-7-14(18)12(13)9-21-4-1-2-11(8-21)15-3-5-22(20-15)10-16(23)24/h3,5-7,11H,1-2,4,8-10H2,(H,23,24). The number of nitrogens with zero attached hydrogens (tertiary/aromatic N) is 4. The van der Waals surface area contributed by atoms with E-state index in [4.69, 9.17) is 28.3 Å². The van der Waals surface area contributed by atoms with Crippen molar-refractivity contribution in [3.05, 3.63) is 46.0 Å². The molecule has 0 bridgehead atoms. The van der Waals surface area contributed by atoms with E-state index in [1.165, 1.54) is 4.68 Å². The molecule has 1 N–H and O–H groups in total. The summed E-state index contributed by atoms with van der Waals surface area (Å²) in [5.74, 6) is -0.606. The van der Waals surface area contributed by atoms with E-state index in [0.29, 0.717) is 16.6 Å². The van der Waals surface area contributed by atoms with E-state index in [1.54, 1.807) is 18.6 Å². The smallest absolute Gasteiger partial charge is 0.325 e. The van der Waals surface area contributed by atoms with Gasteiger partial charge in [-0.25, -0.2) is 0 Å². The third kappa shape index (κ3) is 4.06. The van der Waals surface area contributed by atoms with Crippen LogP contribution >= 0.6 is 23.2 Å². The maximum atomic E-state index is 10.8. The first-order valence-corrected chi connectivity index (χ1v) is 8.54. The van der Waals surface area contributed by atoms with Crippen LogP contribution in [0.1, 0.15) is 30.0 Å². The molecule has 128 valence electrons. The van der Waals surface area contributed by atoms with Crippen LogP contribution in [0.15, 0.2) is 24.7 Å². The second kappa shape index (κ2) is 7.51. The third-order valence-electron chi connectivity index (χ3n) is 4.22. The van der Waals surface area contributed by atoms with Crippen molar-refractivity contribution in [2.24, 2.45) is 0 Å². The molecule has 1 fully saturated rings. The minimum Gasteiger partial charge on any atom is -0.480 e. The lowest BCUT2D eigenvalue weighted by Gasteiger charge is -2.32. The third-order valence-corrected chi connectivity index (χ3v) is 4.87. The van der Waals surface area contributed by atoms with E-state index < -0.39 is 5.97 Å². The molecule has 3 rings (SSSR count). The van der Waals surface area contributed by atoms with Gasteiger partial charge in [0.25, 0.3) is 0 Å². The highest BCUT2D eigenvalue weighted by Crippen LogP contribution is 2.30. The Balaban J connectivity index is 1.68. The molecule has 24 heavy (non-hydrogen) atoms. The second-order valence-corrected chi connectivity index (χ2v) is 6.80. The number of pyridine rings is 1. The van der Waals surface area contributed by atoms with E-state index in [9.17, 15) is 4.79 Å². The molecule has 8 heteroatoms. The zero-order chi connectivity index (χ0) is 17.1. The molecule has 0 radical (unpaired) electrons. The summed E-state index contributed by atoms with van der Waals surface area (Å²) >= 11 is 12.4.